The Morgan fingerprint density at radius 1 is 1.17 bits per heavy atom. The average Bonchev–Trinajstić information content (AvgIpc) is 3.60. The summed E-state index contributed by atoms with van der Waals surface area (Å²) in [5.74, 6) is 1.49. The monoisotopic (exact) mass is 490 g/mol. The van der Waals surface area contributed by atoms with Gasteiger partial charge in [0.05, 0.1) is 34.6 Å². The summed E-state index contributed by atoms with van der Waals surface area (Å²) in [6.45, 7) is 2.39. The first-order chi connectivity index (χ1) is 17.0. The third-order valence-electron chi connectivity index (χ3n) is 9.32. The van der Waals surface area contributed by atoms with Gasteiger partial charge in [-0.25, -0.2) is 0 Å². The van der Waals surface area contributed by atoms with Gasteiger partial charge in [0, 0.05) is 23.7 Å². The van der Waals surface area contributed by atoms with Crippen LogP contribution >= 0.6 is 12.2 Å². The van der Waals surface area contributed by atoms with Gasteiger partial charge in [-0.1, -0.05) is 24.3 Å². The zero-order valence-electron chi connectivity index (χ0n) is 19.7. The van der Waals surface area contributed by atoms with E-state index in [2.05, 4.69) is 15.1 Å². The maximum atomic E-state index is 12.5. The molecule has 2 aromatic carbocycles. The van der Waals surface area contributed by atoms with Crippen LogP contribution in [0.2, 0.25) is 0 Å². The fraction of sp³-hybridized carbons (Fsp3) is 0.536. The predicted molar refractivity (Wildman–Crippen MR) is 134 cm³/mol. The first kappa shape index (κ1) is 22.0. The van der Waals surface area contributed by atoms with E-state index in [1.807, 2.05) is 30.3 Å². The van der Waals surface area contributed by atoms with E-state index in [0.717, 1.165) is 48.7 Å². The number of thiocarbonyl (C=S) groups is 1. The van der Waals surface area contributed by atoms with Crippen molar-refractivity contribution in [3.63, 3.8) is 0 Å². The molecule has 7 heteroatoms. The SMILES string of the molecule is Oc1ccc2c3c1O[C@@H]1[C@@H](OCc4ccccc4N=C=S)CC[C@]4(O)[C@H](C2)N(CC2CC2)CC[C@@]314. The fourth-order valence-corrected chi connectivity index (χ4v) is 7.69. The first-order valence-corrected chi connectivity index (χ1v) is 13.2. The molecule has 3 fully saturated rings. The van der Waals surface area contributed by atoms with Crippen LogP contribution < -0.4 is 4.74 Å². The quantitative estimate of drug-likeness (QED) is 0.465. The van der Waals surface area contributed by atoms with Gasteiger partial charge >= 0.3 is 0 Å². The lowest BCUT2D eigenvalue weighted by molar-refractivity contribution is -0.217. The van der Waals surface area contributed by atoms with E-state index in [4.69, 9.17) is 21.7 Å². The average molecular weight is 491 g/mol. The molecule has 0 radical (unpaired) electrons. The normalized spacial score (nSPS) is 34.6. The number of ether oxygens (including phenoxy) is 2. The molecule has 1 saturated heterocycles. The van der Waals surface area contributed by atoms with Crippen molar-refractivity contribution in [2.45, 2.75) is 74.4 Å². The van der Waals surface area contributed by atoms with Crippen LogP contribution in [-0.2, 0) is 23.2 Å². The molecule has 3 aliphatic carbocycles. The lowest BCUT2D eigenvalue weighted by atomic mass is 9.48. The number of isothiocyanates is 1. The van der Waals surface area contributed by atoms with Gasteiger partial charge in [0.15, 0.2) is 11.5 Å². The second kappa shape index (κ2) is 7.86. The van der Waals surface area contributed by atoms with Crippen molar-refractivity contribution in [2.24, 2.45) is 10.9 Å². The Kier molecular flexibility index (Phi) is 4.93. The fourth-order valence-electron chi connectivity index (χ4n) is 7.59. The minimum absolute atomic E-state index is 0.0737. The molecule has 6 nitrogen and oxygen atoms in total. The Balaban J connectivity index is 1.26. The number of rotatable bonds is 6. The van der Waals surface area contributed by atoms with Crippen LogP contribution in [0.4, 0.5) is 5.69 Å². The highest BCUT2D eigenvalue weighted by Crippen LogP contribution is 2.65. The smallest absolute Gasteiger partial charge is 0.165 e. The number of benzene rings is 2. The number of aliphatic hydroxyl groups is 1. The Morgan fingerprint density at radius 3 is 2.86 bits per heavy atom. The molecule has 0 unspecified atom stereocenters. The van der Waals surface area contributed by atoms with Gasteiger partial charge in [0.2, 0.25) is 0 Å². The molecule has 1 spiro atoms. The van der Waals surface area contributed by atoms with E-state index >= 15 is 0 Å². The molecule has 2 aliphatic heterocycles. The number of aliphatic imine (C=N–C) groups is 1. The molecular formula is C28H30N2O4S. The third kappa shape index (κ3) is 3.06. The molecule has 2 N–H and O–H groups in total. The van der Waals surface area contributed by atoms with E-state index in [9.17, 15) is 10.2 Å². The molecule has 0 amide bonds. The summed E-state index contributed by atoms with van der Waals surface area (Å²) in [7, 11) is 0. The van der Waals surface area contributed by atoms with Gasteiger partial charge in [-0.3, -0.25) is 4.90 Å². The minimum atomic E-state index is -0.893. The molecule has 2 aromatic rings. The van der Waals surface area contributed by atoms with Gasteiger partial charge < -0.3 is 19.7 Å². The number of para-hydroxylation sites is 1. The lowest BCUT2D eigenvalue weighted by Gasteiger charge is -2.64. The highest BCUT2D eigenvalue weighted by molar-refractivity contribution is 7.78. The number of phenolic OH excluding ortho intramolecular Hbond substituents is 1. The summed E-state index contributed by atoms with van der Waals surface area (Å²) < 4.78 is 13.1. The van der Waals surface area contributed by atoms with Gasteiger partial charge in [-0.15, -0.1) is 0 Å². The Hall–Kier alpha value is -2.28. The molecule has 7 rings (SSSR count). The van der Waals surface area contributed by atoms with Crippen molar-refractivity contribution in [1.29, 1.82) is 0 Å². The number of hydrogen-bond acceptors (Lipinski definition) is 7. The highest BCUT2D eigenvalue weighted by atomic mass is 32.1. The van der Waals surface area contributed by atoms with Gasteiger partial charge in [-0.2, -0.15) is 4.99 Å². The second-order valence-electron chi connectivity index (χ2n) is 11.0. The Morgan fingerprint density at radius 2 is 2.03 bits per heavy atom. The molecule has 0 aromatic heterocycles. The number of hydrogen-bond donors (Lipinski definition) is 2. The van der Waals surface area contributed by atoms with E-state index in [1.54, 1.807) is 6.07 Å². The minimum Gasteiger partial charge on any atom is -0.504 e. The summed E-state index contributed by atoms with van der Waals surface area (Å²) in [5.41, 5.74) is 2.49. The van der Waals surface area contributed by atoms with E-state index in [0.29, 0.717) is 25.2 Å². The van der Waals surface area contributed by atoms with Gasteiger partial charge in [0.1, 0.15) is 6.10 Å². The zero-order valence-corrected chi connectivity index (χ0v) is 20.5. The maximum absolute atomic E-state index is 12.5. The first-order valence-electron chi connectivity index (χ1n) is 12.8. The topological polar surface area (TPSA) is 74.5 Å². The van der Waals surface area contributed by atoms with E-state index in [-0.39, 0.29) is 24.0 Å². The van der Waals surface area contributed by atoms with Crippen molar-refractivity contribution in [3.8, 4) is 11.5 Å². The van der Waals surface area contributed by atoms with Crippen LogP contribution in [0.3, 0.4) is 0 Å². The standard InChI is InChI=1S/C28H30N2O4S/c31-21-8-7-18-13-23-28(32)10-9-22(33-15-19-3-1-2-4-20(19)29-16-35)26-27(28,24(18)25(21)34-26)11-12-30(23)14-17-5-6-17/h1-4,7-8,17,22-23,26,31-32H,5-6,9-15H2/t22-,23-,26+,27+,28-/m0/s1. The molecular weight excluding hydrogens is 460 g/mol. The van der Waals surface area contributed by atoms with Crippen LogP contribution in [0.5, 0.6) is 11.5 Å². The van der Waals surface area contributed by atoms with Crippen LogP contribution in [0.1, 0.15) is 48.8 Å². The van der Waals surface area contributed by atoms with Gasteiger partial charge in [-0.05, 0) is 80.9 Å². The second-order valence-corrected chi connectivity index (χ2v) is 11.2. The largest absolute Gasteiger partial charge is 0.504 e. The molecule has 182 valence electrons. The van der Waals surface area contributed by atoms with Crippen molar-refractivity contribution >= 4 is 23.1 Å². The number of aromatic hydroxyl groups is 1. The maximum Gasteiger partial charge on any atom is 0.165 e. The van der Waals surface area contributed by atoms with Crippen LogP contribution in [0, 0.1) is 5.92 Å². The van der Waals surface area contributed by atoms with E-state index < -0.39 is 11.0 Å². The number of likely N-dealkylation sites (tertiary alicyclic amines) is 1. The highest BCUT2D eigenvalue weighted by Gasteiger charge is 2.73. The molecule has 2 saturated carbocycles. The number of phenols is 1. The van der Waals surface area contributed by atoms with Crippen LogP contribution in [0.15, 0.2) is 41.4 Å². The predicted octanol–water partition coefficient (Wildman–Crippen LogP) is 4.28. The lowest BCUT2D eigenvalue weighted by Crippen LogP contribution is -2.77. The Labute approximate surface area is 210 Å². The third-order valence-corrected chi connectivity index (χ3v) is 9.41. The Bertz CT molecular complexity index is 1240. The molecule has 2 bridgehead atoms. The summed E-state index contributed by atoms with van der Waals surface area (Å²) in [5, 5.41) is 25.8. The zero-order chi connectivity index (χ0) is 23.8. The van der Waals surface area contributed by atoms with Crippen LogP contribution in [0.25, 0.3) is 0 Å². The molecule has 35 heavy (non-hydrogen) atoms. The molecule has 2 heterocycles. The van der Waals surface area contributed by atoms with Crippen LogP contribution in [-0.4, -0.2) is 57.2 Å². The summed E-state index contributed by atoms with van der Waals surface area (Å²) in [4.78, 5) is 6.74. The van der Waals surface area contributed by atoms with Crippen molar-refractivity contribution in [1.82, 2.24) is 4.90 Å². The van der Waals surface area contributed by atoms with E-state index in [1.165, 1.54) is 18.4 Å². The van der Waals surface area contributed by atoms with Crippen molar-refractivity contribution in [2.75, 3.05) is 13.1 Å². The van der Waals surface area contributed by atoms with Gasteiger partial charge in [0.25, 0.3) is 0 Å². The molecule has 5 aliphatic rings. The summed E-state index contributed by atoms with van der Waals surface area (Å²) in [6, 6.07) is 11.7. The number of nitrogens with zero attached hydrogens (tertiary/aromatic N) is 2. The summed E-state index contributed by atoms with van der Waals surface area (Å²) >= 11 is 4.81. The van der Waals surface area contributed by atoms with Crippen molar-refractivity contribution < 1.29 is 19.7 Å². The molecule has 5 atom stereocenters. The number of piperidine rings is 1. The van der Waals surface area contributed by atoms with Crippen molar-refractivity contribution in [3.05, 3.63) is 53.1 Å². The summed E-state index contributed by atoms with van der Waals surface area (Å²) in [6.07, 6.45) is 5.06.